The van der Waals surface area contributed by atoms with Crippen LogP contribution in [0.2, 0.25) is 0 Å². The molecule has 0 aromatic heterocycles. The molecule has 14 heavy (non-hydrogen) atoms. The Balaban J connectivity index is 4.25. The van der Waals surface area contributed by atoms with Crippen LogP contribution in [0.4, 0.5) is 0 Å². The molecule has 1 N–H and O–H groups in total. The zero-order chi connectivity index (χ0) is 11.1. The van der Waals surface area contributed by atoms with E-state index in [1.54, 1.807) is 11.8 Å². The Morgan fingerprint density at radius 1 is 1.57 bits per heavy atom. The van der Waals surface area contributed by atoms with E-state index in [2.05, 4.69) is 18.5 Å². The number of thioether (sulfide) groups is 1. The van der Waals surface area contributed by atoms with Crippen molar-refractivity contribution in [1.82, 2.24) is 10.2 Å². The van der Waals surface area contributed by atoms with Gasteiger partial charge < -0.3 is 10.2 Å². The molecule has 1 amide bonds. The van der Waals surface area contributed by atoms with Crippen molar-refractivity contribution in [3.63, 3.8) is 0 Å². The number of amides is 1. The minimum atomic E-state index is -0.0871. The maximum atomic E-state index is 11.8. The Bertz CT molecular complexity index is 176. The van der Waals surface area contributed by atoms with Crippen LogP contribution in [-0.4, -0.2) is 49.0 Å². The molecule has 0 spiro atoms. The van der Waals surface area contributed by atoms with Crippen molar-refractivity contribution in [2.24, 2.45) is 0 Å². The molecular weight excluding hydrogens is 196 g/mol. The lowest BCUT2D eigenvalue weighted by Gasteiger charge is -2.29. The van der Waals surface area contributed by atoms with Crippen LogP contribution < -0.4 is 5.32 Å². The molecule has 0 bridgehead atoms. The van der Waals surface area contributed by atoms with E-state index in [-0.39, 0.29) is 11.9 Å². The Hall–Kier alpha value is -0.220. The summed E-state index contributed by atoms with van der Waals surface area (Å²) < 4.78 is 0. The second-order valence-electron chi connectivity index (χ2n) is 3.48. The van der Waals surface area contributed by atoms with Crippen LogP contribution in [0.1, 0.15) is 20.3 Å². The van der Waals surface area contributed by atoms with Gasteiger partial charge >= 0.3 is 0 Å². The minimum Gasteiger partial charge on any atom is -0.341 e. The summed E-state index contributed by atoms with van der Waals surface area (Å²) in [6, 6.07) is 0.268. The van der Waals surface area contributed by atoms with Gasteiger partial charge in [0.1, 0.15) is 0 Å². The molecule has 0 aromatic carbocycles. The molecule has 2 unspecified atom stereocenters. The van der Waals surface area contributed by atoms with E-state index in [1.165, 1.54) is 0 Å². The third kappa shape index (κ3) is 3.88. The summed E-state index contributed by atoms with van der Waals surface area (Å²) in [5.41, 5.74) is 0. The number of carbonyl (C=O) groups is 1. The topological polar surface area (TPSA) is 32.3 Å². The van der Waals surface area contributed by atoms with Crippen molar-refractivity contribution in [3.05, 3.63) is 0 Å². The number of hydrogen-bond donors (Lipinski definition) is 1. The molecule has 0 heterocycles. The lowest BCUT2D eigenvalue weighted by atomic mass is 10.2. The first-order valence-corrected chi connectivity index (χ1v) is 6.40. The molecule has 3 nitrogen and oxygen atoms in total. The monoisotopic (exact) mass is 218 g/mol. The summed E-state index contributed by atoms with van der Waals surface area (Å²) in [6.45, 7) is 4.01. The van der Waals surface area contributed by atoms with Gasteiger partial charge in [0.05, 0.1) is 6.04 Å². The van der Waals surface area contributed by atoms with Gasteiger partial charge in [-0.15, -0.1) is 0 Å². The number of carbonyl (C=O) groups excluding carboxylic acids is 1. The van der Waals surface area contributed by atoms with Gasteiger partial charge in [-0.25, -0.2) is 0 Å². The summed E-state index contributed by atoms with van der Waals surface area (Å²) in [4.78, 5) is 13.7. The average molecular weight is 218 g/mol. The molecule has 0 radical (unpaired) electrons. The highest BCUT2D eigenvalue weighted by atomic mass is 32.2. The van der Waals surface area contributed by atoms with Gasteiger partial charge in [-0.2, -0.15) is 11.8 Å². The average Bonchev–Trinajstić information content (AvgIpc) is 2.22. The fraction of sp³-hybridized carbons (Fsp3) is 0.900. The van der Waals surface area contributed by atoms with Gasteiger partial charge in [0, 0.05) is 18.8 Å². The SMILES string of the molecule is CCC(CSC)N(C)C(=O)C(C)NC. The van der Waals surface area contributed by atoms with Crippen LogP contribution in [0.3, 0.4) is 0 Å². The van der Waals surface area contributed by atoms with Crippen LogP contribution in [0.5, 0.6) is 0 Å². The maximum Gasteiger partial charge on any atom is 0.239 e. The molecule has 4 heteroatoms. The number of rotatable bonds is 6. The molecule has 2 atom stereocenters. The van der Waals surface area contributed by atoms with Crippen molar-refractivity contribution >= 4 is 17.7 Å². The van der Waals surface area contributed by atoms with Gasteiger partial charge in [0.2, 0.25) is 5.91 Å². The second kappa shape index (κ2) is 7.12. The molecule has 0 fully saturated rings. The quantitative estimate of drug-likeness (QED) is 0.727. The lowest BCUT2D eigenvalue weighted by Crippen LogP contribution is -2.47. The highest BCUT2D eigenvalue weighted by Crippen LogP contribution is 2.09. The van der Waals surface area contributed by atoms with Crippen LogP contribution in [-0.2, 0) is 4.79 Å². The second-order valence-corrected chi connectivity index (χ2v) is 4.39. The first kappa shape index (κ1) is 13.8. The van der Waals surface area contributed by atoms with E-state index in [4.69, 9.17) is 0 Å². The third-order valence-electron chi connectivity index (χ3n) is 2.53. The first-order chi connectivity index (χ1) is 6.58. The molecule has 0 saturated heterocycles. The smallest absolute Gasteiger partial charge is 0.239 e. The summed E-state index contributed by atoms with van der Waals surface area (Å²) in [5, 5.41) is 2.97. The number of nitrogens with zero attached hydrogens (tertiary/aromatic N) is 1. The van der Waals surface area contributed by atoms with E-state index in [9.17, 15) is 4.79 Å². The van der Waals surface area contributed by atoms with Crippen LogP contribution >= 0.6 is 11.8 Å². The number of likely N-dealkylation sites (N-methyl/N-ethyl adjacent to an activating group) is 2. The molecule has 0 saturated carbocycles. The normalized spacial score (nSPS) is 14.9. The predicted octanol–water partition coefficient (Wildman–Crippen LogP) is 1.19. The highest BCUT2D eigenvalue weighted by Gasteiger charge is 2.21. The van der Waals surface area contributed by atoms with Crippen LogP contribution in [0, 0.1) is 0 Å². The molecule has 0 aliphatic heterocycles. The largest absolute Gasteiger partial charge is 0.341 e. The number of nitrogens with one attached hydrogen (secondary N) is 1. The van der Waals surface area contributed by atoms with E-state index in [0.29, 0.717) is 6.04 Å². The van der Waals surface area contributed by atoms with Gasteiger partial charge in [-0.1, -0.05) is 6.92 Å². The fourth-order valence-corrected chi connectivity index (χ4v) is 2.15. The number of hydrogen-bond acceptors (Lipinski definition) is 3. The Labute approximate surface area is 91.6 Å². The van der Waals surface area contributed by atoms with E-state index < -0.39 is 0 Å². The summed E-state index contributed by atoms with van der Waals surface area (Å²) in [6.07, 6.45) is 3.09. The van der Waals surface area contributed by atoms with Crippen molar-refractivity contribution in [1.29, 1.82) is 0 Å². The Morgan fingerprint density at radius 3 is 2.50 bits per heavy atom. The summed E-state index contributed by atoms with van der Waals surface area (Å²) in [7, 11) is 3.70. The van der Waals surface area contributed by atoms with Crippen molar-refractivity contribution in [2.75, 3.05) is 26.1 Å². The van der Waals surface area contributed by atoms with Gasteiger partial charge in [0.15, 0.2) is 0 Å². The van der Waals surface area contributed by atoms with Crippen molar-refractivity contribution in [3.8, 4) is 0 Å². The molecule has 0 aliphatic carbocycles. The van der Waals surface area contributed by atoms with Crippen molar-refractivity contribution in [2.45, 2.75) is 32.4 Å². The zero-order valence-corrected chi connectivity index (χ0v) is 10.6. The van der Waals surface area contributed by atoms with Gasteiger partial charge in [-0.05, 0) is 26.6 Å². The Morgan fingerprint density at radius 2 is 2.14 bits per heavy atom. The van der Waals surface area contributed by atoms with Crippen molar-refractivity contribution < 1.29 is 4.79 Å². The first-order valence-electron chi connectivity index (χ1n) is 5.01. The van der Waals surface area contributed by atoms with Gasteiger partial charge in [0.25, 0.3) is 0 Å². The van der Waals surface area contributed by atoms with Crippen LogP contribution in [0.25, 0.3) is 0 Å². The lowest BCUT2D eigenvalue weighted by molar-refractivity contribution is -0.133. The third-order valence-corrected chi connectivity index (χ3v) is 3.25. The van der Waals surface area contributed by atoms with Crippen LogP contribution in [0.15, 0.2) is 0 Å². The molecule has 0 rings (SSSR count). The fourth-order valence-electron chi connectivity index (χ4n) is 1.30. The van der Waals surface area contributed by atoms with E-state index in [0.717, 1.165) is 12.2 Å². The molecule has 84 valence electrons. The van der Waals surface area contributed by atoms with E-state index >= 15 is 0 Å². The summed E-state index contributed by atoms with van der Waals surface area (Å²) >= 11 is 1.79. The maximum absolute atomic E-state index is 11.8. The minimum absolute atomic E-state index is 0.0871. The standard InChI is InChI=1S/C10H22N2OS/c1-6-9(7-14-5)12(4)10(13)8(2)11-3/h8-9,11H,6-7H2,1-5H3. The molecule has 0 aromatic rings. The highest BCUT2D eigenvalue weighted by molar-refractivity contribution is 7.98. The molecular formula is C10H22N2OS. The van der Waals surface area contributed by atoms with Gasteiger partial charge in [-0.3, -0.25) is 4.79 Å². The predicted molar refractivity (Wildman–Crippen MR) is 63.8 cm³/mol. The Kier molecular flexibility index (Phi) is 7.01. The zero-order valence-electron chi connectivity index (χ0n) is 9.83. The molecule has 0 aliphatic rings. The summed E-state index contributed by atoms with van der Waals surface area (Å²) in [5.74, 6) is 1.18. The van der Waals surface area contributed by atoms with E-state index in [1.807, 2.05) is 25.9 Å².